The largest absolute Gasteiger partial charge is 0.264 e. The lowest BCUT2D eigenvalue weighted by molar-refractivity contribution is 1.11. The number of fused-ring (bicyclic) bond motifs is 4. The first-order chi connectivity index (χ1) is 11.2. The van der Waals surface area contributed by atoms with Gasteiger partial charge in [-0.05, 0) is 54.5 Å². The van der Waals surface area contributed by atoms with E-state index in [1.807, 2.05) is 6.20 Å². The lowest BCUT2D eigenvalue weighted by Crippen LogP contribution is -2.62. The average Bonchev–Trinajstić information content (AvgIpc) is 2.55. The normalized spacial score (nSPS) is 14.1. The molecule has 0 N–H and O–H groups in total. The molecule has 0 saturated carbocycles. The van der Waals surface area contributed by atoms with Crippen LogP contribution < -0.4 is 16.4 Å². The molecule has 0 aliphatic carbocycles. The maximum absolute atomic E-state index is 4.46. The number of rotatable bonds is 0. The van der Waals surface area contributed by atoms with Gasteiger partial charge in [-0.1, -0.05) is 58.4 Å². The summed E-state index contributed by atoms with van der Waals surface area (Å²) in [6, 6.07) is 13.6. The van der Waals surface area contributed by atoms with Crippen molar-refractivity contribution >= 4 is 23.1 Å². The highest BCUT2D eigenvalue weighted by Crippen LogP contribution is 2.23. The third-order valence-electron chi connectivity index (χ3n) is 5.60. The van der Waals surface area contributed by atoms with E-state index in [1.54, 1.807) is 5.46 Å². The van der Waals surface area contributed by atoms with Crippen LogP contribution in [0.5, 0.6) is 0 Å². The molecule has 0 radical (unpaired) electrons. The van der Waals surface area contributed by atoms with E-state index in [-0.39, 0.29) is 0 Å². The van der Waals surface area contributed by atoms with Crippen LogP contribution in [0.3, 0.4) is 0 Å². The zero-order valence-electron chi connectivity index (χ0n) is 13.6. The molecule has 2 aliphatic rings. The monoisotopic (exact) mass is 295 g/mol. The van der Waals surface area contributed by atoms with Crippen LogP contribution in [0.4, 0.5) is 0 Å². The molecule has 0 bridgehead atoms. The van der Waals surface area contributed by atoms with E-state index in [9.17, 15) is 0 Å². The van der Waals surface area contributed by atoms with Gasteiger partial charge in [0, 0.05) is 12.4 Å². The Hall–Kier alpha value is -2.35. The van der Waals surface area contributed by atoms with Crippen LogP contribution in [-0.2, 0) is 12.8 Å². The molecule has 0 saturated heterocycles. The summed E-state index contributed by atoms with van der Waals surface area (Å²) in [5.74, 6) is 0. The van der Waals surface area contributed by atoms with Crippen molar-refractivity contribution in [1.82, 2.24) is 4.98 Å². The summed E-state index contributed by atoms with van der Waals surface area (Å²) in [5, 5.41) is 0. The lowest BCUT2D eigenvalue weighted by atomic mass is 9.29. The molecule has 0 amide bonds. The second-order valence-electron chi connectivity index (χ2n) is 6.95. The standard InChI is InChI=1S/C21H18BN/c1-13-5-3-6-15-9-16-7-4-8-17-10-18-12-23-11-14(2)20(18)22(19(13)15)21(16)17/h3-8,11-12H,9-10H2,1-2H3. The molecule has 0 unspecified atom stereocenters. The Bertz CT molecular complexity index is 852. The van der Waals surface area contributed by atoms with Crippen LogP contribution in [0, 0.1) is 13.8 Å². The van der Waals surface area contributed by atoms with Crippen LogP contribution in [0.2, 0.25) is 0 Å². The predicted molar refractivity (Wildman–Crippen MR) is 96.9 cm³/mol. The van der Waals surface area contributed by atoms with E-state index < -0.39 is 0 Å². The molecule has 3 heterocycles. The van der Waals surface area contributed by atoms with Gasteiger partial charge in [-0.15, -0.1) is 0 Å². The summed E-state index contributed by atoms with van der Waals surface area (Å²) >= 11 is 0. The molecule has 110 valence electrons. The fraction of sp³-hybridized carbons (Fsp3) is 0.190. The topological polar surface area (TPSA) is 12.9 Å². The molecule has 0 atom stereocenters. The van der Waals surface area contributed by atoms with E-state index >= 15 is 0 Å². The van der Waals surface area contributed by atoms with Crippen molar-refractivity contribution in [2.45, 2.75) is 26.7 Å². The van der Waals surface area contributed by atoms with Crippen molar-refractivity contribution in [2.75, 3.05) is 0 Å². The van der Waals surface area contributed by atoms with Crippen LogP contribution in [-0.4, -0.2) is 11.7 Å². The summed E-state index contributed by atoms with van der Waals surface area (Å²) in [6.45, 7) is 4.86. The molecule has 2 aromatic carbocycles. The maximum atomic E-state index is 4.46. The van der Waals surface area contributed by atoms with E-state index in [0.717, 1.165) is 12.8 Å². The van der Waals surface area contributed by atoms with Gasteiger partial charge < -0.3 is 0 Å². The minimum absolute atomic E-state index is 0.387. The first kappa shape index (κ1) is 13.1. The molecule has 0 fully saturated rings. The second-order valence-corrected chi connectivity index (χ2v) is 6.95. The van der Waals surface area contributed by atoms with Gasteiger partial charge in [0.25, 0.3) is 0 Å². The number of nitrogens with zero attached hydrogens (tertiary/aromatic N) is 1. The molecule has 0 spiro atoms. The maximum Gasteiger partial charge on any atom is 0.243 e. The fourth-order valence-corrected chi connectivity index (χ4v) is 4.68. The zero-order chi connectivity index (χ0) is 15.6. The number of aryl methyl sites for hydroxylation is 2. The van der Waals surface area contributed by atoms with Gasteiger partial charge in [0.15, 0.2) is 0 Å². The zero-order valence-corrected chi connectivity index (χ0v) is 13.6. The number of benzene rings is 2. The summed E-state index contributed by atoms with van der Waals surface area (Å²) in [6.07, 6.45) is 6.19. The van der Waals surface area contributed by atoms with E-state index in [0.29, 0.717) is 6.71 Å². The molecule has 1 nitrogen and oxygen atoms in total. The SMILES string of the molecule is Cc1cccc2c1B1c3c(C)cncc3Cc3cccc(c31)C2. The van der Waals surface area contributed by atoms with Crippen molar-refractivity contribution in [3.63, 3.8) is 0 Å². The Labute approximate surface area is 137 Å². The first-order valence-corrected chi connectivity index (χ1v) is 8.36. The Morgan fingerprint density at radius 3 is 2.09 bits per heavy atom. The highest BCUT2D eigenvalue weighted by Gasteiger charge is 2.38. The van der Waals surface area contributed by atoms with Crippen molar-refractivity contribution in [1.29, 1.82) is 0 Å². The predicted octanol–water partition coefficient (Wildman–Crippen LogP) is 2.02. The third kappa shape index (κ3) is 1.72. The highest BCUT2D eigenvalue weighted by atomic mass is 14.6. The van der Waals surface area contributed by atoms with Gasteiger partial charge in [0.2, 0.25) is 6.71 Å². The molecular weight excluding hydrogens is 277 g/mol. The van der Waals surface area contributed by atoms with Crippen molar-refractivity contribution in [3.05, 3.63) is 82.2 Å². The summed E-state index contributed by atoms with van der Waals surface area (Å²) in [5.41, 5.74) is 13.2. The molecule has 2 heteroatoms. The van der Waals surface area contributed by atoms with Crippen LogP contribution in [0.1, 0.15) is 33.4 Å². The molecule has 23 heavy (non-hydrogen) atoms. The summed E-state index contributed by atoms with van der Waals surface area (Å²) in [4.78, 5) is 4.46. The number of pyridine rings is 1. The van der Waals surface area contributed by atoms with Gasteiger partial charge in [0.05, 0.1) is 0 Å². The number of hydrogen-bond donors (Lipinski definition) is 0. The lowest BCUT2D eigenvalue weighted by Gasteiger charge is -2.35. The van der Waals surface area contributed by atoms with Gasteiger partial charge >= 0.3 is 0 Å². The van der Waals surface area contributed by atoms with Crippen molar-refractivity contribution < 1.29 is 0 Å². The molecule has 3 aromatic rings. The average molecular weight is 295 g/mol. The second kappa shape index (κ2) is 4.58. The highest BCUT2D eigenvalue weighted by molar-refractivity contribution is 6.97. The Morgan fingerprint density at radius 2 is 1.30 bits per heavy atom. The number of aromatic nitrogens is 1. The molecule has 1 aromatic heterocycles. The Kier molecular flexibility index (Phi) is 2.61. The minimum atomic E-state index is 0.387. The molecular formula is C21H18BN. The first-order valence-electron chi connectivity index (χ1n) is 8.36. The number of hydrogen-bond acceptors (Lipinski definition) is 1. The van der Waals surface area contributed by atoms with Crippen molar-refractivity contribution in [3.8, 4) is 0 Å². The van der Waals surface area contributed by atoms with E-state index in [4.69, 9.17) is 0 Å². The van der Waals surface area contributed by atoms with Crippen LogP contribution >= 0.6 is 0 Å². The van der Waals surface area contributed by atoms with E-state index in [2.05, 4.69) is 61.4 Å². The quantitative estimate of drug-likeness (QED) is 0.398. The fourth-order valence-electron chi connectivity index (χ4n) is 4.68. The Balaban J connectivity index is 1.91. The summed E-state index contributed by atoms with van der Waals surface area (Å²) in [7, 11) is 0. The van der Waals surface area contributed by atoms with Gasteiger partial charge in [0.1, 0.15) is 0 Å². The van der Waals surface area contributed by atoms with E-state index in [1.165, 1.54) is 44.3 Å². The van der Waals surface area contributed by atoms with Gasteiger partial charge in [-0.3, -0.25) is 4.98 Å². The van der Waals surface area contributed by atoms with Crippen LogP contribution in [0.25, 0.3) is 0 Å². The molecule has 2 aliphatic heterocycles. The minimum Gasteiger partial charge on any atom is -0.264 e. The Morgan fingerprint density at radius 1 is 0.696 bits per heavy atom. The molecule has 5 rings (SSSR count). The third-order valence-corrected chi connectivity index (χ3v) is 5.60. The van der Waals surface area contributed by atoms with Crippen molar-refractivity contribution in [2.24, 2.45) is 0 Å². The van der Waals surface area contributed by atoms with Crippen LogP contribution in [0.15, 0.2) is 48.8 Å². The van der Waals surface area contributed by atoms with Gasteiger partial charge in [-0.2, -0.15) is 0 Å². The summed E-state index contributed by atoms with van der Waals surface area (Å²) < 4.78 is 0. The van der Waals surface area contributed by atoms with Gasteiger partial charge in [-0.25, -0.2) is 0 Å². The smallest absolute Gasteiger partial charge is 0.243 e.